The van der Waals surface area contributed by atoms with Gasteiger partial charge in [-0.1, -0.05) is 12.0 Å². The summed E-state index contributed by atoms with van der Waals surface area (Å²) in [7, 11) is 0. The van der Waals surface area contributed by atoms with Crippen LogP contribution < -0.4 is 20.5 Å². The Balaban J connectivity index is 2.17. The Morgan fingerprint density at radius 3 is 2.82 bits per heavy atom. The number of nitrogens with two attached hydrogens (primary N) is 1. The standard InChI is InChI=1S/C13H16N2O2/c1-2-5-15-11(9-14)10-3-4-12-13(8-10)17-7-6-16-12/h1,3-4,8,11,15H,5-7,9,14H2. The molecule has 4 heteroatoms. The van der Waals surface area contributed by atoms with Gasteiger partial charge in [0.2, 0.25) is 0 Å². The average molecular weight is 232 g/mol. The van der Waals surface area contributed by atoms with Gasteiger partial charge in [0, 0.05) is 12.6 Å². The number of benzene rings is 1. The van der Waals surface area contributed by atoms with E-state index in [1.165, 1.54) is 0 Å². The van der Waals surface area contributed by atoms with E-state index in [1.54, 1.807) is 0 Å². The van der Waals surface area contributed by atoms with E-state index in [0.717, 1.165) is 17.1 Å². The maximum Gasteiger partial charge on any atom is 0.161 e. The lowest BCUT2D eigenvalue weighted by molar-refractivity contribution is 0.171. The molecule has 1 atom stereocenters. The largest absolute Gasteiger partial charge is 0.486 e. The highest BCUT2D eigenvalue weighted by Gasteiger charge is 2.15. The number of ether oxygens (including phenoxy) is 2. The zero-order chi connectivity index (χ0) is 12.1. The molecule has 1 aromatic rings. The van der Waals surface area contributed by atoms with Crippen molar-refractivity contribution in [2.24, 2.45) is 5.73 Å². The number of hydrogen-bond acceptors (Lipinski definition) is 4. The second-order valence-corrected chi connectivity index (χ2v) is 3.78. The Bertz CT molecular complexity index is 426. The van der Waals surface area contributed by atoms with Gasteiger partial charge in [-0.25, -0.2) is 0 Å². The van der Waals surface area contributed by atoms with Gasteiger partial charge in [-0.3, -0.25) is 5.32 Å². The second-order valence-electron chi connectivity index (χ2n) is 3.78. The van der Waals surface area contributed by atoms with E-state index in [2.05, 4.69) is 11.2 Å². The predicted molar refractivity (Wildman–Crippen MR) is 66.1 cm³/mol. The van der Waals surface area contributed by atoms with Crippen molar-refractivity contribution < 1.29 is 9.47 Å². The molecule has 17 heavy (non-hydrogen) atoms. The Morgan fingerprint density at radius 2 is 2.12 bits per heavy atom. The van der Waals surface area contributed by atoms with Gasteiger partial charge in [0.15, 0.2) is 11.5 Å². The molecule has 2 rings (SSSR count). The van der Waals surface area contributed by atoms with Crippen LogP contribution in [0, 0.1) is 12.3 Å². The minimum atomic E-state index is 0.0434. The molecule has 0 bridgehead atoms. The number of nitrogens with one attached hydrogen (secondary N) is 1. The first-order valence-electron chi connectivity index (χ1n) is 5.61. The third-order valence-corrected chi connectivity index (χ3v) is 2.65. The van der Waals surface area contributed by atoms with Crippen LogP contribution in [0.15, 0.2) is 18.2 Å². The molecule has 0 saturated carbocycles. The molecule has 0 aliphatic carbocycles. The SMILES string of the molecule is C#CCNC(CN)c1ccc2c(c1)OCCO2. The van der Waals surface area contributed by atoms with Crippen LogP contribution in [0.2, 0.25) is 0 Å². The van der Waals surface area contributed by atoms with Crippen LogP contribution in [0.5, 0.6) is 11.5 Å². The van der Waals surface area contributed by atoms with Crippen molar-refractivity contribution in [2.45, 2.75) is 6.04 Å². The molecule has 0 radical (unpaired) electrons. The van der Waals surface area contributed by atoms with Crippen LogP contribution in [-0.4, -0.2) is 26.3 Å². The third-order valence-electron chi connectivity index (χ3n) is 2.65. The summed E-state index contributed by atoms with van der Waals surface area (Å²) in [6, 6.07) is 5.88. The van der Waals surface area contributed by atoms with Crippen LogP contribution in [0.4, 0.5) is 0 Å². The molecule has 90 valence electrons. The van der Waals surface area contributed by atoms with Crippen molar-refractivity contribution in [3.8, 4) is 23.8 Å². The molecule has 0 fully saturated rings. The fourth-order valence-corrected chi connectivity index (χ4v) is 1.80. The summed E-state index contributed by atoms with van der Waals surface area (Å²) >= 11 is 0. The highest BCUT2D eigenvalue weighted by molar-refractivity contribution is 5.44. The summed E-state index contributed by atoms with van der Waals surface area (Å²) in [5, 5.41) is 3.18. The molecule has 1 unspecified atom stereocenters. The fraction of sp³-hybridized carbons (Fsp3) is 0.385. The Hall–Kier alpha value is -1.70. The zero-order valence-corrected chi connectivity index (χ0v) is 9.61. The molecular formula is C13H16N2O2. The highest BCUT2D eigenvalue weighted by atomic mass is 16.6. The first-order valence-corrected chi connectivity index (χ1v) is 5.61. The zero-order valence-electron chi connectivity index (χ0n) is 9.61. The number of fused-ring (bicyclic) bond motifs is 1. The van der Waals surface area contributed by atoms with Gasteiger partial charge in [0.25, 0.3) is 0 Å². The van der Waals surface area contributed by atoms with E-state index in [0.29, 0.717) is 26.3 Å². The van der Waals surface area contributed by atoms with E-state index >= 15 is 0 Å². The molecule has 1 aromatic carbocycles. The molecule has 3 N–H and O–H groups in total. The summed E-state index contributed by atoms with van der Waals surface area (Å²) in [4.78, 5) is 0. The maximum absolute atomic E-state index is 5.72. The number of hydrogen-bond donors (Lipinski definition) is 2. The summed E-state index contributed by atoms with van der Waals surface area (Å²) in [5.74, 6) is 4.10. The molecule has 1 heterocycles. The fourth-order valence-electron chi connectivity index (χ4n) is 1.80. The second kappa shape index (κ2) is 5.58. The highest BCUT2D eigenvalue weighted by Crippen LogP contribution is 2.32. The number of rotatable bonds is 4. The Morgan fingerprint density at radius 1 is 1.35 bits per heavy atom. The van der Waals surface area contributed by atoms with Crippen molar-refractivity contribution in [1.29, 1.82) is 0 Å². The summed E-state index contributed by atoms with van der Waals surface area (Å²) in [5.41, 5.74) is 6.78. The minimum absolute atomic E-state index is 0.0434. The smallest absolute Gasteiger partial charge is 0.161 e. The number of terminal acetylenes is 1. The van der Waals surface area contributed by atoms with Gasteiger partial charge in [0.1, 0.15) is 13.2 Å². The van der Waals surface area contributed by atoms with E-state index in [9.17, 15) is 0 Å². The molecule has 1 aliphatic rings. The van der Waals surface area contributed by atoms with Crippen LogP contribution in [0.3, 0.4) is 0 Å². The quantitative estimate of drug-likeness (QED) is 0.750. The van der Waals surface area contributed by atoms with Gasteiger partial charge in [0.05, 0.1) is 6.54 Å². The summed E-state index contributed by atoms with van der Waals surface area (Å²) in [6.07, 6.45) is 5.22. The molecule has 4 nitrogen and oxygen atoms in total. The van der Waals surface area contributed by atoms with E-state index < -0.39 is 0 Å². The summed E-state index contributed by atoms with van der Waals surface area (Å²) in [6.45, 7) is 2.17. The Labute approximate surface area is 101 Å². The van der Waals surface area contributed by atoms with Gasteiger partial charge in [-0.15, -0.1) is 6.42 Å². The van der Waals surface area contributed by atoms with Gasteiger partial charge < -0.3 is 15.2 Å². The lowest BCUT2D eigenvalue weighted by atomic mass is 10.1. The van der Waals surface area contributed by atoms with E-state index in [1.807, 2.05) is 18.2 Å². The van der Waals surface area contributed by atoms with E-state index in [4.69, 9.17) is 21.6 Å². The Kier molecular flexibility index (Phi) is 3.86. The lowest BCUT2D eigenvalue weighted by Crippen LogP contribution is -2.28. The topological polar surface area (TPSA) is 56.5 Å². The van der Waals surface area contributed by atoms with Crippen molar-refractivity contribution in [2.75, 3.05) is 26.3 Å². The van der Waals surface area contributed by atoms with Crippen LogP contribution in [0.1, 0.15) is 11.6 Å². The van der Waals surface area contributed by atoms with Gasteiger partial charge in [-0.2, -0.15) is 0 Å². The van der Waals surface area contributed by atoms with Crippen LogP contribution in [-0.2, 0) is 0 Å². The molecule has 0 aromatic heterocycles. The monoisotopic (exact) mass is 232 g/mol. The van der Waals surface area contributed by atoms with Gasteiger partial charge >= 0.3 is 0 Å². The first-order chi connectivity index (χ1) is 8.35. The first kappa shape index (κ1) is 11.8. The van der Waals surface area contributed by atoms with Crippen molar-refractivity contribution >= 4 is 0 Å². The minimum Gasteiger partial charge on any atom is -0.486 e. The molecule has 0 saturated heterocycles. The predicted octanol–water partition coefficient (Wildman–Crippen LogP) is 0.680. The molecule has 1 aliphatic heterocycles. The maximum atomic E-state index is 5.72. The van der Waals surface area contributed by atoms with E-state index in [-0.39, 0.29) is 6.04 Å². The van der Waals surface area contributed by atoms with Crippen LogP contribution >= 0.6 is 0 Å². The van der Waals surface area contributed by atoms with Crippen molar-refractivity contribution in [3.63, 3.8) is 0 Å². The molecular weight excluding hydrogens is 216 g/mol. The molecule has 0 spiro atoms. The van der Waals surface area contributed by atoms with Crippen LogP contribution in [0.25, 0.3) is 0 Å². The summed E-state index contributed by atoms with van der Waals surface area (Å²) < 4.78 is 11.0. The molecule has 0 amide bonds. The third kappa shape index (κ3) is 2.70. The van der Waals surface area contributed by atoms with Gasteiger partial charge in [-0.05, 0) is 17.7 Å². The average Bonchev–Trinajstić information content (AvgIpc) is 2.39. The normalized spacial score (nSPS) is 15.1. The van der Waals surface area contributed by atoms with Crippen molar-refractivity contribution in [1.82, 2.24) is 5.32 Å². The van der Waals surface area contributed by atoms with Crippen molar-refractivity contribution in [3.05, 3.63) is 23.8 Å². The lowest BCUT2D eigenvalue weighted by Gasteiger charge is -2.21.